The number of amides is 1. The van der Waals surface area contributed by atoms with Crippen molar-refractivity contribution in [1.82, 2.24) is 14.7 Å². The van der Waals surface area contributed by atoms with Crippen molar-refractivity contribution < 1.29 is 18.0 Å². The van der Waals surface area contributed by atoms with Gasteiger partial charge < -0.3 is 5.73 Å². The number of carbonyl (C=O) groups excluding carboxylic acids is 1. The van der Waals surface area contributed by atoms with Crippen LogP contribution >= 0.6 is 0 Å². The molecule has 1 saturated carbocycles. The first-order chi connectivity index (χ1) is 10.3. The van der Waals surface area contributed by atoms with Gasteiger partial charge in [-0.05, 0) is 24.3 Å². The molecular weight excluding hydrogens is 297 g/mol. The van der Waals surface area contributed by atoms with Crippen LogP contribution in [-0.4, -0.2) is 39.9 Å². The predicted octanol–water partition coefficient (Wildman–Crippen LogP) is 1.39. The first kappa shape index (κ1) is 15.3. The summed E-state index contributed by atoms with van der Waals surface area (Å²) in [7, 11) is 1.80. The number of hydrogen-bond acceptors (Lipinski definition) is 3. The second kappa shape index (κ2) is 5.26. The van der Waals surface area contributed by atoms with Gasteiger partial charge in [-0.15, -0.1) is 0 Å². The molecule has 0 spiro atoms. The maximum absolute atomic E-state index is 13.1. The van der Waals surface area contributed by atoms with Crippen LogP contribution in [0.15, 0.2) is 6.20 Å². The Morgan fingerprint density at radius 3 is 2.59 bits per heavy atom. The van der Waals surface area contributed by atoms with E-state index in [-0.39, 0.29) is 13.1 Å². The highest BCUT2D eigenvalue weighted by Crippen LogP contribution is 2.43. The van der Waals surface area contributed by atoms with Gasteiger partial charge in [0.1, 0.15) is 0 Å². The lowest BCUT2D eigenvalue weighted by molar-refractivity contribution is -0.182. The van der Waals surface area contributed by atoms with Crippen molar-refractivity contribution in [3.63, 3.8) is 0 Å². The molecule has 5 nitrogen and oxygen atoms in total. The van der Waals surface area contributed by atoms with E-state index in [0.717, 1.165) is 24.1 Å². The van der Waals surface area contributed by atoms with Crippen LogP contribution in [-0.2, 0) is 18.4 Å². The molecule has 22 heavy (non-hydrogen) atoms. The van der Waals surface area contributed by atoms with Crippen molar-refractivity contribution in [2.75, 3.05) is 13.1 Å². The number of hydrogen-bond donors (Lipinski definition) is 1. The van der Waals surface area contributed by atoms with Gasteiger partial charge in [-0.25, -0.2) is 0 Å². The van der Waals surface area contributed by atoms with Gasteiger partial charge in [-0.3, -0.25) is 14.4 Å². The van der Waals surface area contributed by atoms with Gasteiger partial charge >= 0.3 is 6.18 Å². The van der Waals surface area contributed by atoms with E-state index in [1.165, 1.54) is 0 Å². The molecule has 1 saturated heterocycles. The number of alkyl halides is 3. The minimum absolute atomic E-state index is 0.0504. The van der Waals surface area contributed by atoms with Crippen molar-refractivity contribution >= 4 is 5.91 Å². The van der Waals surface area contributed by atoms with Gasteiger partial charge in [0, 0.05) is 26.7 Å². The molecule has 3 rings (SSSR count). The summed E-state index contributed by atoms with van der Waals surface area (Å²) < 4.78 is 40.9. The molecule has 2 atom stereocenters. The van der Waals surface area contributed by atoms with Gasteiger partial charge in [0.05, 0.1) is 23.7 Å². The molecule has 1 aromatic heterocycles. The lowest BCUT2D eigenvalue weighted by Crippen LogP contribution is -2.37. The summed E-state index contributed by atoms with van der Waals surface area (Å²) in [5.41, 5.74) is 7.21. The van der Waals surface area contributed by atoms with Crippen LogP contribution in [0.5, 0.6) is 0 Å². The van der Waals surface area contributed by atoms with Crippen molar-refractivity contribution in [3.05, 3.63) is 17.5 Å². The van der Waals surface area contributed by atoms with Crippen LogP contribution in [0, 0.1) is 11.8 Å². The fraction of sp³-hybridized carbons (Fsp3) is 0.714. The fourth-order valence-electron chi connectivity index (χ4n) is 3.25. The SMILES string of the molecule is Cn1ncc(C2CC2)c1CN1C[C@H](C(N)=O)[C@@H](C(F)(F)F)C1. The fourth-order valence-corrected chi connectivity index (χ4v) is 3.25. The van der Waals surface area contributed by atoms with Gasteiger partial charge in [0.15, 0.2) is 0 Å². The van der Waals surface area contributed by atoms with Crippen molar-refractivity contribution in [1.29, 1.82) is 0 Å². The van der Waals surface area contributed by atoms with E-state index >= 15 is 0 Å². The Hall–Kier alpha value is -1.57. The van der Waals surface area contributed by atoms with Crippen molar-refractivity contribution in [2.24, 2.45) is 24.6 Å². The van der Waals surface area contributed by atoms with E-state index in [0.29, 0.717) is 12.5 Å². The molecule has 0 aromatic carbocycles. The second-order valence-corrected chi connectivity index (χ2v) is 6.30. The van der Waals surface area contributed by atoms with E-state index < -0.39 is 23.9 Å². The topological polar surface area (TPSA) is 64.2 Å². The molecule has 2 aliphatic rings. The Labute approximate surface area is 126 Å². The highest BCUT2D eigenvalue weighted by Gasteiger charge is 2.51. The third-order valence-electron chi connectivity index (χ3n) is 4.67. The molecule has 0 unspecified atom stereocenters. The lowest BCUT2D eigenvalue weighted by atomic mass is 9.95. The molecule has 1 amide bonds. The van der Waals surface area contributed by atoms with Crippen LogP contribution < -0.4 is 5.73 Å². The molecule has 122 valence electrons. The maximum atomic E-state index is 13.1. The number of likely N-dealkylation sites (tertiary alicyclic amines) is 1. The van der Waals surface area contributed by atoms with E-state index in [2.05, 4.69) is 5.10 Å². The summed E-state index contributed by atoms with van der Waals surface area (Å²) in [5.74, 6) is -3.24. The molecule has 2 fully saturated rings. The number of aromatic nitrogens is 2. The summed E-state index contributed by atoms with van der Waals surface area (Å²) in [5, 5.41) is 4.22. The van der Waals surface area contributed by atoms with Crippen LogP contribution in [0.2, 0.25) is 0 Å². The van der Waals surface area contributed by atoms with E-state index in [9.17, 15) is 18.0 Å². The standard InChI is InChI=1S/C14H19F3N4O/c1-20-12(9(4-19-20)8-2-3-8)7-21-5-10(13(18)22)11(6-21)14(15,16)17/h4,8,10-11H,2-3,5-7H2,1H3,(H2,18,22)/t10-,11-/m0/s1. The number of halogens is 3. The molecule has 2 N–H and O–H groups in total. The molecule has 0 bridgehead atoms. The second-order valence-electron chi connectivity index (χ2n) is 6.30. The van der Waals surface area contributed by atoms with Crippen LogP contribution in [0.4, 0.5) is 13.2 Å². The van der Waals surface area contributed by atoms with Crippen LogP contribution in [0.1, 0.15) is 30.0 Å². The predicted molar refractivity (Wildman–Crippen MR) is 72.7 cm³/mol. The number of rotatable bonds is 4. The highest BCUT2D eigenvalue weighted by molar-refractivity contribution is 5.77. The smallest absolute Gasteiger partial charge is 0.369 e. The number of nitrogens with zero attached hydrogens (tertiary/aromatic N) is 3. The molecule has 1 aliphatic heterocycles. The summed E-state index contributed by atoms with van der Waals surface area (Å²) >= 11 is 0. The maximum Gasteiger partial charge on any atom is 0.393 e. The molecule has 8 heteroatoms. The summed E-state index contributed by atoms with van der Waals surface area (Å²) in [4.78, 5) is 13.0. The Bertz CT molecular complexity index is 579. The van der Waals surface area contributed by atoms with E-state index in [1.54, 1.807) is 22.8 Å². The zero-order valence-electron chi connectivity index (χ0n) is 12.3. The quantitative estimate of drug-likeness (QED) is 0.913. The average Bonchev–Trinajstić information content (AvgIpc) is 3.04. The largest absolute Gasteiger partial charge is 0.393 e. The van der Waals surface area contributed by atoms with Gasteiger partial charge in [-0.2, -0.15) is 18.3 Å². The van der Waals surface area contributed by atoms with E-state index in [4.69, 9.17) is 5.73 Å². The average molecular weight is 316 g/mol. The minimum atomic E-state index is -4.40. The highest BCUT2D eigenvalue weighted by atomic mass is 19.4. The Morgan fingerprint density at radius 2 is 2.09 bits per heavy atom. The monoisotopic (exact) mass is 316 g/mol. The Balaban J connectivity index is 1.77. The third kappa shape index (κ3) is 2.84. The Kier molecular flexibility index (Phi) is 3.66. The van der Waals surface area contributed by atoms with Gasteiger partial charge in [0.2, 0.25) is 5.91 Å². The third-order valence-corrected chi connectivity index (χ3v) is 4.67. The zero-order chi connectivity index (χ0) is 16.1. The molecule has 1 aliphatic carbocycles. The van der Waals surface area contributed by atoms with Crippen molar-refractivity contribution in [3.8, 4) is 0 Å². The zero-order valence-corrected chi connectivity index (χ0v) is 12.3. The van der Waals surface area contributed by atoms with Crippen LogP contribution in [0.25, 0.3) is 0 Å². The lowest BCUT2D eigenvalue weighted by Gasteiger charge is -2.19. The van der Waals surface area contributed by atoms with E-state index in [1.807, 2.05) is 0 Å². The Morgan fingerprint density at radius 1 is 1.41 bits per heavy atom. The summed E-state index contributed by atoms with van der Waals surface area (Å²) in [6, 6.07) is 0. The molecule has 1 aromatic rings. The minimum Gasteiger partial charge on any atom is -0.369 e. The normalized spacial score (nSPS) is 26.5. The number of nitrogens with two attached hydrogens (primary N) is 1. The number of carbonyl (C=O) groups is 1. The molecule has 0 radical (unpaired) electrons. The number of aryl methyl sites for hydroxylation is 1. The molecule has 2 heterocycles. The molecular formula is C14H19F3N4O. The van der Waals surface area contributed by atoms with Gasteiger partial charge in [-0.1, -0.05) is 0 Å². The van der Waals surface area contributed by atoms with Crippen molar-refractivity contribution in [2.45, 2.75) is 31.5 Å². The first-order valence-corrected chi connectivity index (χ1v) is 7.36. The number of primary amides is 1. The van der Waals surface area contributed by atoms with Gasteiger partial charge in [0.25, 0.3) is 0 Å². The first-order valence-electron chi connectivity index (χ1n) is 7.36. The van der Waals surface area contributed by atoms with Crippen LogP contribution in [0.3, 0.4) is 0 Å². The summed E-state index contributed by atoms with van der Waals surface area (Å²) in [6.45, 7) is 0.236. The summed E-state index contributed by atoms with van der Waals surface area (Å²) in [6.07, 6.45) is -0.391.